The number of sulfone groups is 1. The van der Waals surface area contributed by atoms with Crippen LogP contribution in [0.4, 0.5) is 0 Å². The van der Waals surface area contributed by atoms with Gasteiger partial charge in [0.25, 0.3) is 0 Å². The fourth-order valence-corrected chi connectivity index (χ4v) is 4.44. The Balaban J connectivity index is 1.95. The van der Waals surface area contributed by atoms with Crippen molar-refractivity contribution < 1.29 is 8.42 Å². The lowest BCUT2D eigenvalue weighted by molar-refractivity contribution is 0.597. The summed E-state index contributed by atoms with van der Waals surface area (Å²) in [5.74, 6) is 0.494. The molecule has 0 unspecified atom stereocenters. The van der Waals surface area contributed by atoms with Crippen molar-refractivity contribution in [3.8, 4) is 11.4 Å². The zero-order chi connectivity index (χ0) is 15.6. The molecule has 0 aliphatic rings. The quantitative estimate of drug-likeness (QED) is 0.794. The highest BCUT2D eigenvalue weighted by atomic mass is 32.2. The first-order valence-corrected chi connectivity index (χ1v) is 8.82. The van der Waals surface area contributed by atoms with Crippen molar-refractivity contribution >= 4 is 21.2 Å². The summed E-state index contributed by atoms with van der Waals surface area (Å²) in [4.78, 5) is 9.22. The molecular formula is C15H13N3O2S2. The Kier molecular flexibility index (Phi) is 4.02. The van der Waals surface area contributed by atoms with E-state index >= 15 is 0 Å². The highest BCUT2D eigenvalue weighted by Gasteiger charge is 2.21. The minimum absolute atomic E-state index is 0.0811. The summed E-state index contributed by atoms with van der Waals surface area (Å²) in [6.45, 7) is 0.323. The maximum Gasteiger partial charge on any atom is 0.219 e. The van der Waals surface area contributed by atoms with Gasteiger partial charge in [-0.25, -0.2) is 18.4 Å². The second-order valence-corrected chi connectivity index (χ2v) is 7.88. The van der Waals surface area contributed by atoms with E-state index in [2.05, 4.69) is 9.97 Å². The summed E-state index contributed by atoms with van der Waals surface area (Å²) >= 11 is 1.17. The van der Waals surface area contributed by atoms with Crippen molar-refractivity contribution in [2.45, 2.75) is 15.6 Å². The topological polar surface area (TPSA) is 85.9 Å². The first-order chi connectivity index (χ1) is 10.6. The Morgan fingerprint density at radius 2 is 1.68 bits per heavy atom. The molecule has 2 aromatic heterocycles. The van der Waals surface area contributed by atoms with Gasteiger partial charge in [-0.2, -0.15) is 0 Å². The third-order valence-corrected chi connectivity index (χ3v) is 6.38. The van der Waals surface area contributed by atoms with Gasteiger partial charge in [-0.3, -0.25) is 0 Å². The van der Waals surface area contributed by atoms with Crippen molar-refractivity contribution in [1.29, 1.82) is 0 Å². The SMILES string of the molecule is NCc1ccc(S(=O)(=O)c2cnc(-c3ccccc3)nc2)s1. The normalized spacial score (nSPS) is 11.5. The molecule has 0 spiro atoms. The van der Waals surface area contributed by atoms with E-state index in [1.807, 2.05) is 30.3 Å². The van der Waals surface area contributed by atoms with Crippen molar-refractivity contribution in [2.24, 2.45) is 5.73 Å². The van der Waals surface area contributed by atoms with E-state index in [9.17, 15) is 8.42 Å². The van der Waals surface area contributed by atoms with E-state index in [0.29, 0.717) is 12.4 Å². The Bertz CT molecular complexity index is 873. The number of benzene rings is 1. The van der Waals surface area contributed by atoms with Crippen molar-refractivity contribution in [3.63, 3.8) is 0 Å². The number of thiophene rings is 1. The molecular weight excluding hydrogens is 318 g/mol. The molecule has 7 heteroatoms. The van der Waals surface area contributed by atoms with Gasteiger partial charge in [0, 0.05) is 17.0 Å². The standard InChI is InChI=1S/C15H13N3O2S2/c16-8-12-6-7-14(21-12)22(19,20)13-9-17-15(18-10-13)11-4-2-1-3-5-11/h1-7,9-10H,8,16H2. The predicted molar refractivity (Wildman–Crippen MR) is 85.1 cm³/mol. The van der Waals surface area contributed by atoms with Crippen LogP contribution < -0.4 is 5.73 Å². The summed E-state index contributed by atoms with van der Waals surface area (Å²) in [5.41, 5.74) is 6.36. The second-order valence-electron chi connectivity index (χ2n) is 4.54. The monoisotopic (exact) mass is 331 g/mol. The van der Waals surface area contributed by atoms with Gasteiger partial charge in [-0.05, 0) is 12.1 Å². The van der Waals surface area contributed by atoms with Crippen LogP contribution in [-0.4, -0.2) is 18.4 Å². The molecule has 0 saturated heterocycles. The van der Waals surface area contributed by atoms with Crippen LogP contribution in [0, 0.1) is 0 Å². The molecule has 2 N–H and O–H groups in total. The van der Waals surface area contributed by atoms with Crippen LogP contribution in [0.15, 0.2) is 64.0 Å². The van der Waals surface area contributed by atoms with E-state index in [0.717, 1.165) is 10.4 Å². The van der Waals surface area contributed by atoms with Gasteiger partial charge in [0.2, 0.25) is 9.84 Å². The Morgan fingerprint density at radius 1 is 1.00 bits per heavy atom. The second kappa shape index (κ2) is 5.96. The summed E-state index contributed by atoms with van der Waals surface area (Å²) in [6, 6.07) is 12.7. The molecule has 112 valence electrons. The van der Waals surface area contributed by atoms with Crippen LogP contribution in [-0.2, 0) is 16.4 Å². The zero-order valence-corrected chi connectivity index (χ0v) is 13.1. The van der Waals surface area contributed by atoms with E-state index in [1.165, 1.54) is 23.7 Å². The van der Waals surface area contributed by atoms with Gasteiger partial charge < -0.3 is 5.73 Å². The third kappa shape index (κ3) is 2.78. The Hall–Kier alpha value is -2.09. The molecule has 0 aliphatic heterocycles. The van der Waals surface area contributed by atoms with Gasteiger partial charge in [0.1, 0.15) is 9.10 Å². The highest BCUT2D eigenvalue weighted by Crippen LogP contribution is 2.27. The summed E-state index contributed by atoms with van der Waals surface area (Å²) < 4.78 is 25.3. The number of hydrogen-bond acceptors (Lipinski definition) is 6. The molecule has 5 nitrogen and oxygen atoms in total. The Labute approximate surface area is 132 Å². The van der Waals surface area contributed by atoms with Crippen molar-refractivity contribution in [1.82, 2.24) is 9.97 Å². The number of nitrogens with two attached hydrogens (primary N) is 1. The zero-order valence-electron chi connectivity index (χ0n) is 11.5. The third-order valence-electron chi connectivity index (χ3n) is 3.07. The van der Waals surface area contributed by atoms with Crippen LogP contribution in [0.1, 0.15) is 4.88 Å². The minimum atomic E-state index is -3.59. The van der Waals surface area contributed by atoms with Crippen molar-refractivity contribution in [3.05, 3.63) is 59.7 Å². The molecule has 1 aromatic carbocycles. The van der Waals surface area contributed by atoms with Crippen LogP contribution in [0.3, 0.4) is 0 Å². The van der Waals surface area contributed by atoms with Gasteiger partial charge in [-0.15, -0.1) is 11.3 Å². The summed E-state index contributed by atoms with van der Waals surface area (Å²) in [7, 11) is -3.59. The number of nitrogens with zero attached hydrogens (tertiary/aromatic N) is 2. The molecule has 0 amide bonds. The average molecular weight is 331 g/mol. The highest BCUT2D eigenvalue weighted by molar-refractivity contribution is 7.93. The van der Waals surface area contributed by atoms with Crippen LogP contribution in [0.2, 0.25) is 0 Å². The summed E-state index contributed by atoms with van der Waals surface area (Å²) in [5, 5.41) is 0. The Morgan fingerprint density at radius 3 is 2.27 bits per heavy atom. The van der Waals surface area contributed by atoms with Gasteiger partial charge >= 0.3 is 0 Å². The molecule has 0 aliphatic carbocycles. The van der Waals surface area contributed by atoms with Crippen molar-refractivity contribution in [2.75, 3.05) is 0 Å². The fraction of sp³-hybridized carbons (Fsp3) is 0.0667. The van der Waals surface area contributed by atoms with Crippen LogP contribution >= 0.6 is 11.3 Å². The molecule has 3 rings (SSSR count). The predicted octanol–water partition coefficient (Wildman–Crippen LogP) is 2.50. The van der Waals surface area contributed by atoms with Gasteiger partial charge in [-0.1, -0.05) is 30.3 Å². The maximum atomic E-state index is 12.5. The molecule has 2 heterocycles. The fourth-order valence-electron chi connectivity index (χ4n) is 1.92. The lowest BCUT2D eigenvalue weighted by Gasteiger charge is -2.03. The van der Waals surface area contributed by atoms with E-state index in [1.54, 1.807) is 12.1 Å². The molecule has 0 bridgehead atoms. The number of hydrogen-bond donors (Lipinski definition) is 1. The average Bonchev–Trinajstić information content (AvgIpc) is 3.06. The minimum Gasteiger partial charge on any atom is -0.326 e. The lowest BCUT2D eigenvalue weighted by Crippen LogP contribution is -2.02. The smallest absolute Gasteiger partial charge is 0.219 e. The first-order valence-electron chi connectivity index (χ1n) is 6.52. The molecule has 0 radical (unpaired) electrons. The number of rotatable bonds is 4. The molecule has 22 heavy (non-hydrogen) atoms. The molecule has 0 fully saturated rings. The van der Waals surface area contributed by atoms with Crippen LogP contribution in [0.5, 0.6) is 0 Å². The number of aromatic nitrogens is 2. The van der Waals surface area contributed by atoms with Crippen LogP contribution in [0.25, 0.3) is 11.4 Å². The van der Waals surface area contributed by atoms with E-state index in [-0.39, 0.29) is 9.10 Å². The van der Waals surface area contributed by atoms with Gasteiger partial charge in [0.05, 0.1) is 12.4 Å². The largest absolute Gasteiger partial charge is 0.326 e. The lowest BCUT2D eigenvalue weighted by atomic mass is 10.2. The van der Waals surface area contributed by atoms with E-state index in [4.69, 9.17) is 5.73 Å². The van der Waals surface area contributed by atoms with Gasteiger partial charge in [0.15, 0.2) is 5.82 Å². The molecule has 0 atom stereocenters. The first kappa shape index (κ1) is 14.8. The molecule has 3 aromatic rings. The molecule has 0 saturated carbocycles. The maximum absolute atomic E-state index is 12.5. The summed E-state index contributed by atoms with van der Waals surface area (Å²) in [6.07, 6.45) is 2.68. The van der Waals surface area contributed by atoms with E-state index < -0.39 is 9.84 Å².